The Hall–Kier alpha value is -6.62. The zero-order valence-electron chi connectivity index (χ0n) is 28.3. The second-order valence-corrected chi connectivity index (χ2v) is 16.9. The van der Waals surface area contributed by atoms with Crippen LogP contribution in [0, 0.1) is 0 Å². The molecule has 2 heterocycles. The summed E-state index contributed by atoms with van der Waals surface area (Å²) in [6, 6.07) is 71.3. The van der Waals surface area contributed by atoms with E-state index in [1.165, 1.54) is 43.0 Å². The molecule has 2 aliphatic heterocycles. The predicted molar refractivity (Wildman–Crippen MR) is 216 cm³/mol. The summed E-state index contributed by atoms with van der Waals surface area (Å²) in [7, 11) is -2.91. The lowest BCUT2D eigenvalue weighted by Crippen LogP contribution is -2.77. The third-order valence-corrected chi connectivity index (χ3v) is 15.3. The maximum Gasteiger partial charge on any atom is 0.196 e. The normalized spacial score (nSPS) is 13.1. The molecule has 0 unspecified atom stereocenters. The van der Waals surface area contributed by atoms with Crippen LogP contribution < -0.4 is 35.1 Å². The van der Waals surface area contributed by atoms with Gasteiger partial charge in [-0.1, -0.05) is 140 Å². The van der Waals surface area contributed by atoms with E-state index in [0.29, 0.717) is 0 Å². The van der Waals surface area contributed by atoms with Crippen LogP contribution in [-0.4, -0.2) is 8.07 Å². The van der Waals surface area contributed by atoms with Gasteiger partial charge in [-0.3, -0.25) is 0 Å². The van der Waals surface area contributed by atoms with Crippen molar-refractivity contribution in [1.82, 2.24) is 0 Å². The van der Waals surface area contributed by atoms with Crippen LogP contribution in [0.1, 0.15) is 0 Å². The van der Waals surface area contributed by atoms with Gasteiger partial charge in [-0.2, -0.15) is 0 Å². The number of benzene rings is 8. The molecule has 3 nitrogen and oxygen atoms in total. The van der Waals surface area contributed by atoms with Crippen LogP contribution in [-0.2, 0) is 0 Å². The van der Waals surface area contributed by atoms with E-state index in [9.17, 15) is 0 Å². The van der Waals surface area contributed by atoms with E-state index in [2.05, 4.69) is 205 Å². The van der Waals surface area contributed by atoms with Crippen LogP contribution >= 0.6 is 0 Å². The molecule has 0 saturated heterocycles. The third-order valence-electron chi connectivity index (χ3n) is 10.4. The molecule has 0 radical (unpaired) electrons. The number of fused-ring (bicyclic) bond motifs is 8. The van der Waals surface area contributed by atoms with Crippen molar-refractivity contribution in [1.29, 1.82) is 0 Å². The van der Waals surface area contributed by atoms with Gasteiger partial charge in [0.1, 0.15) is 23.0 Å². The highest BCUT2D eigenvalue weighted by Gasteiger charge is 2.53. The predicted octanol–water partition coefficient (Wildman–Crippen LogP) is 10.1. The molecule has 0 fully saturated rings. The first kappa shape index (κ1) is 30.2. The lowest BCUT2D eigenvalue weighted by Gasteiger charge is -2.43. The van der Waals surface area contributed by atoms with Gasteiger partial charge in [-0.05, 0) is 104 Å². The number of anilines is 3. The van der Waals surface area contributed by atoms with Gasteiger partial charge in [0.05, 0.1) is 0 Å². The Bertz CT molecular complexity index is 2380. The van der Waals surface area contributed by atoms with Crippen LogP contribution in [0.4, 0.5) is 17.1 Å². The number of nitrogens with zero attached hydrogens (tertiary/aromatic N) is 1. The molecule has 0 N–H and O–H groups in total. The smallest absolute Gasteiger partial charge is 0.196 e. The first-order valence-corrected chi connectivity index (χ1v) is 19.7. The van der Waals surface area contributed by atoms with Gasteiger partial charge in [0.25, 0.3) is 0 Å². The van der Waals surface area contributed by atoms with Crippen LogP contribution in [0.3, 0.4) is 0 Å². The molecule has 10 rings (SSSR count). The minimum absolute atomic E-state index is 0.888. The Morgan fingerprint density at radius 3 is 1.08 bits per heavy atom. The highest BCUT2D eigenvalue weighted by Crippen LogP contribution is 2.41. The molecule has 8 aromatic rings. The number of hydrogen-bond donors (Lipinski definition) is 0. The van der Waals surface area contributed by atoms with Crippen molar-refractivity contribution in [3.63, 3.8) is 0 Å². The SMILES string of the molecule is c1ccc(-c2ccc(N(c3ccc(-c4ccccc4)cc3)c3ccc4c(c3)[Si]3(c5ccccc5Oc5ccccc53)c3ccccc3O4)cc2)cc1. The third kappa shape index (κ3) is 4.80. The van der Waals surface area contributed by atoms with Gasteiger partial charge < -0.3 is 14.4 Å². The summed E-state index contributed by atoms with van der Waals surface area (Å²) in [6.07, 6.45) is 0. The van der Waals surface area contributed by atoms with E-state index in [-0.39, 0.29) is 0 Å². The molecule has 0 aromatic heterocycles. The topological polar surface area (TPSA) is 21.7 Å². The number of rotatable bonds is 5. The fourth-order valence-corrected chi connectivity index (χ4v) is 13.2. The molecule has 246 valence electrons. The molecular weight excluding hydrogens is 651 g/mol. The van der Waals surface area contributed by atoms with E-state index in [0.717, 1.165) is 40.1 Å². The highest BCUT2D eigenvalue weighted by atomic mass is 28.3. The van der Waals surface area contributed by atoms with E-state index in [1.54, 1.807) is 0 Å². The van der Waals surface area contributed by atoms with Crippen LogP contribution in [0.5, 0.6) is 23.0 Å². The van der Waals surface area contributed by atoms with Crippen LogP contribution in [0.15, 0.2) is 200 Å². The standard InChI is InChI=1S/C48H33NO2Si/c1-3-13-34(14-4-1)36-23-27-38(28-24-36)49(39-29-25-37(26-30-39)35-15-5-2-6-16-35)40-31-32-44-48(33-40)52(47-22-12-9-19-43(47)51-44)45-20-10-7-17-41(45)50-42-18-8-11-21-46(42)52/h1-33H. The zero-order valence-corrected chi connectivity index (χ0v) is 29.3. The molecule has 8 aromatic carbocycles. The lowest BCUT2D eigenvalue weighted by molar-refractivity contribution is 0.481. The molecule has 0 bridgehead atoms. The summed E-state index contributed by atoms with van der Waals surface area (Å²) in [5.41, 5.74) is 7.97. The highest BCUT2D eigenvalue weighted by molar-refractivity contribution is 7.21. The molecule has 2 aliphatic rings. The molecule has 4 heteroatoms. The Morgan fingerprint density at radius 1 is 0.288 bits per heavy atom. The van der Waals surface area contributed by atoms with Crippen molar-refractivity contribution in [2.24, 2.45) is 0 Å². The maximum absolute atomic E-state index is 6.79. The second kappa shape index (κ2) is 12.3. The van der Waals surface area contributed by atoms with Crippen molar-refractivity contribution in [3.8, 4) is 45.3 Å². The summed E-state index contributed by atoms with van der Waals surface area (Å²) < 4.78 is 13.4. The molecule has 52 heavy (non-hydrogen) atoms. The first-order valence-electron chi connectivity index (χ1n) is 17.7. The molecular formula is C48H33NO2Si. The van der Waals surface area contributed by atoms with Crippen molar-refractivity contribution < 1.29 is 9.47 Å². The van der Waals surface area contributed by atoms with Crippen molar-refractivity contribution >= 4 is 45.9 Å². The summed E-state index contributed by atoms with van der Waals surface area (Å²) >= 11 is 0. The van der Waals surface area contributed by atoms with E-state index >= 15 is 0 Å². The molecule has 0 atom stereocenters. The molecule has 0 amide bonds. The van der Waals surface area contributed by atoms with E-state index in [1.807, 2.05) is 0 Å². The zero-order chi connectivity index (χ0) is 34.5. The minimum atomic E-state index is -2.91. The Morgan fingerprint density at radius 2 is 0.635 bits per heavy atom. The van der Waals surface area contributed by atoms with Crippen molar-refractivity contribution in [2.75, 3.05) is 4.90 Å². The first-order chi connectivity index (χ1) is 25.8. The van der Waals surface area contributed by atoms with Gasteiger partial charge in [0.15, 0.2) is 8.07 Å². The van der Waals surface area contributed by atoms with E-state index < -0.39 is 8.07 Å². The van der Waals surface area contributed by atoms with Gasteiger partial charge >= 0.3 is 0 Å². The fourth-order valence-electron chi connectivity index (χ4n) is 8.06. The monoisotopic (exact) mass is 683 g/mol. The summed E-state index contributed by atoms with van der Waals surface area (Å²) in [5.74, 6) is 3.61. The minimum Gasteiger partial charge on any atom is -0.458 e. The second-order valence-electron chi connectivity index (χ2n) is 13.3. The van der Waals surface area contributed by atoms with E-state index in [4.69, 9.17) is 9.47 Å². The Kier molecular flexibility index (Phi) is 7.15. The molecule has 0 aliphatic carbocycles. The average molecular weight is 684 g/mol. The van der Waals surface area contributed by atoms with Crippen molar-refractivity contribution in [3.05, 3.63) is 200 Å². The van der Waals surface area contributed by atoms with Gasteiger partial charge in [-0.15, -0.1) is 0 Å². The fraction of sp³-hybridized carbons (Fsp3) is 0. The largest absolute Gasteiger partial charge is 0.458 e. The molecule has 1 spiro atoms. The summed E-state index contributed by atoms with van der Waals surface area (Å²) in [5, 5.41) is 4.90. The Labute approximate surface area is 304 Å². The maximum atomic E-state index is 6.79. The van der Waals surface area contributed by atoms with Crippen LogP contribution in [0.25, 0.3) is 22.3 Å². The summed E-state index contributed by atoms with van der Waals surface area (Å²) in [6.45, 7) is 0. The Balaban J connectivity index is 1.20. The summed E-state index contributed by atoms with van der Waals surface area (Å²) in [4.78, 5) is 2.36. The number of hydrogen-bond acceptors (Lipinski definition) is 3. The van der Waals surface area contributed by atoms with Gasteiger partial charge in [-0.25, -0.2) is 0 Å². The quantitative estimate of drug-likeness (QED) is 0.169. The number of ether oxygens (including phenoxy) is 2. The van der Waals surface area contributed by atoms with Crippen molar-refractivity contribution in [2.45, 2.75) is 0 Å². The average Bonchev–Trinajstić information content (AvgIpc) is 3.22. The molecule has 0 saturated carbocycles. The van der Waals surface area contributed by atoms with Crippen LogP contribution in [0.2, 0.25) is 0 Å². The lowest BCUT2D eigenvalue weighted by atomic mass is 10.0. The van der Waals surface area contributed by atoms with Gasteiger partial charge in [0, 0.05) is 17.1 Å². The van der Waals surface area contributed by atoms with Gasteiger partial charge in [0.2, 0.25) is 0 Å². The number of para-hydroxylation sites is 3.